The molecule has 4 aliphatic carbocycles. The first-order valence-electron chi connectivity index (χ1n) is 9.19. The summed E-state index contributed by atoms with van der Waals surface area (Å²) in [6, 6.07) is 0. The molecule has 0 amide bonds. The quantitative estimate of drug-likeness (QED) is 0.675. The van der Waals surface area contributed by atoms with Gasteiger partial charge in [-0.05, 0) is 79.4 Å². The van der Waals surface area contributed by atoms with E-state index in [1.807, 2.05) is 6.08 Å². The smallest absolute Gasteiger partial charge is 0.0984 e. The standard InChI is InChI=1S/C19H31N2O/c1-17-9-10-19(20,21)11-12(17)3-4-13-14-5-6-16(22)18(14,2)8-7-15(13)17/h9-10,12-16,20,22H,3-8,11,21H2,1-2H3/t12?,13?,14?,15?,16-,17-,18-,19-/m0/s1. The molecule has 0 aromatic carbocycles. The highest BCUT2D eigenvalue weighted by Crippen LogP contribution is 2.65. The summed E-state index contributed by atoms with van der Waals surface area (Å²) < 4.78 is 0. The normalized spacial score (nSPS) is 56.1. The number of nitrogens with two attached hydrogens (primary N) is 1. The van der Waals surface area contributed by atoms with Gasteiger partial charge < -0.3 is 10.8 Å². The van der Waals surface area contributed by atoms with E-state index >= 15 is 0 Å². The first-order valence-corrected chi connectivity index (χ1v) is 9.19. The van der Waals surface area contributed by atoms with Crippen molar-refractivity contribution < 1.29 is 5.11 Å². The summed E-state index contributed by atoms with van der Waals surface area (Å²) in [4.78, 5) is 0. The van der Waals surface area contributed by atoms with Crippen molar-refractivity contribution >= 4 is 0 Å². The van der Waals surface area contributed by atoms with Crippen molar-refractivity contribution in [2.24, 2.45) is 40.2 Å². The van der Waals surface area contributed by atoms with Crippen molar-refractivity contribution in [3.63, 3.8) is 0 Å². The number of aliphatic hydroxyl groups is 1. The van der Waals surface area contributed by atoms with E-state index in [2.05, 4.69) is 19.9 Å². The molecule has 0 bridgehead atoms. The molecule has 8 atom stereocenters. The van der Waals surface area contributed by atoms with Crippen LogP contribution in [0.3, 0.4) is 0 Å². The molecule has 0 spiro atoms. The summed E-state index contributed by atoms with van der Waals surface area (Å²) in [6.07, 6.45) is 12.1. The van der Waals surface area contributed by atoms with Crippen LogP contribution in [0.25, 0.3) is 0 Å². The van der Waals surface area contributed by atoms with E-state index in [0.717, 1.165) is 24.7 Å². The molecule has 3 heteroatoms. The van der Waals surface area contributed by atoms with Crippen LogP contribution in [-0.4, -0.2) is 16.9 Å². The number of aliphatic hydroxyl groups excluding tert-OH is 1. The van der Waals surface area contributed by atoms with Gasteiger partial charge in [-0.3, -0.25) is 0 Å². The maximum atomic E-state index is 10.5. The van der Waals surface area contributed by atoms with E-state index in [1.165, 1.54) is 32.1 Å². The molecule has 0 saturated heterocycles. The summed E-state index contributed by atoms with van der Waals surface area (Å²) >= 11 is 0. The largest absolute Gasteiger partial charge is 0.393 e. The minimum Gasteiger partial charge on any atom is -0.393 e. The van der Waals surface area contributed by atoms with Crippen molar-refractivity contribution in [2.75, 3.05) is 0 Å². The Labute approximate surface area is 134 Å². The highest BCUT2D eigenvalue weighted by Gasteiger charge is 2.59. The van der Waals surface area contributed by atoms with E-state index in [4.69, 9.17) is 11.5 Å². The van der Waals surface area contributed by atoms with Gasteiger partial charge in [0.05, 0.1) is 11.8 Å². The van der Waals surface area contributed by atoms with Crippen molar-refractivity contribution in [1.29, 1.82) is 0 Å². The fourth-order valence-corrected chi connectivity index (χ4v) is 6.83. The van der Waals surface area contributed by atoms with Gasteiger partial charge >= 0.3 is 0 Å². The SMILES string of the molecule is C[C@]12C=C[C@]([NH])(N)CC1CCC1C2CC[C@@]2(C)C1CC[C@@H]2O. The van der Waals surface area contributed by atoms with E-state index in [-0.39, 0.29) is 16.9 Å². The minimum absolute atomic E-state index is 0.0872. The molecule has 22 heavy (non-hydrogen) atoms. The van der Waals surface area contributed by atoms with Crippen LogP contribution in [0.2, 0.25) is 0 Å². The molecule has 4 N–H and O–H groups in total. The van der Waals surface area contributed by atoms with Gasteiger partial charge in [-0.1, -0.05) is 26.0 Å². The number of fused-ring (bicyclic) bond motifs is 5. The summed E-state index contributed by atoms with van der Waals surface area (Å²) in [7, 11) is 0. The third-order valence-corrected chi connectivity index (χ3v) is 8.24. The molecule has 3 nitrogen and oxygen atoms in total. The lowest BCUT2D eigenvalue weighted by atomic mass is 9.46. The third kappa shape index (κ3) is 1.91. The Morgan fingerprint density at radius 2 is 1.82 bits per heavy atom. The Hall–Kier alpha value is -0.380. The molecule has 4 aliphatic rings. The molecular formula is C19H31N2O. The fraction of sp³-hybridized carbons (Fsp3) is 0.895. The predicted molar refractivity (Wildman–Crippen MR) is 87.7 cm³/mol. The van der Waals surface area contributed by atoms with Crippen LogP contribution in [0.5, 0.6) is 0 Å². The van der Waals surface area contributed by atoms with Crippen LogP contribution in [-0.2, 0) is 0 Å². The third-order valence-electron chi connectivity index (χ3n) is 8.24. The molecule has 4 unspecified atom stereocenters. The molecule has 0 aromatic rings. The fourth-order valence-electron chi connectivity index (χ4n) is 6.83. The van der Waals surface area contributed by atoms with Gasteiger partial charge in [0.15, 0.2) is 0 Å². The average Bonchev–Trinajstić information content (AvgIpc) is 2.76. The maximum Gasteiger partial charge on any atom is 0.0984 e. The summed E-state index contributed by atoms with van der Waals surface area (Å²) in [5, 5.41) is 10.5. The van der Waals surface area contributed by atoms with Crippen LogP contribution in [0.4, 0.5) is 0 Å². The first kappa shape index (κ1) is 15.2. The van der Waals surface area contributed by atoms with E-state index in [0.29, 0.717) is 11.8 Å². The number of hydrogen-bond donors (Lipinski definition) is 2. The number of rotatable bonds is 0. The van der Waals surface area contributed by atoms with Crippen molar-refractivity contribution in [3.05, 3.63) is 12.2 Å². The lowest BCUT2D eigenvalue weighted by Crippen LogP contribution is -2.56. The highest BCUT2D eigenvalue weighted by atomic mass is 16.3. The van der Waals surface area contributed by atoms with Gasteiger partial charge in [0, 0.05) is 0 Å². The first-order chi connectivity index (χ1) is 10.3. The molecular weight excluding hydrogens is 272 g/mol. The summed E-state index contributed by atoms with van der Waals surface area (Å²) in [6.45, 7) is 4.76. The zero-order valence-corrected chi connectivity index (χ0v) is 14.0. The van der Waals surface area contributed by atoms with Gasteiger partial charge in [0.25, 0.3) is 0 Å². The zero-order chi connectivity index (χ0) is 15.8. The van der Waals surface area contributed by atoms with Gasteiger partial charge in [-0.25, -0.2) is 5.73 Å². The molecule has 3 saturated carbocycles. The highest BCUT2D eigenvalue weighted by molar-refractivity contribution is 5.20. The van der Waals surface area contributed by atoms with Crippen molar-refractivity contribution in [3.8, 4) is 0 Å². The zero-order valence-electron chi connectivity index (χ0n) is 14.0. The molecule has 0 aromatic heterocycles. The van der Waals surface area contributed by atoms with Crippen molar-refractivity contribution in [2.45, 2.75) is 70.6 Å². The lowest BCUT2D eigenvalue weighted by molar-refractivity contribution is -0.0975. The summed E-state index contributed by atoms with van der Waals surface area (Å²) in [5.74, 6) is 2.75. The Morgan fingerprint density at radius 3 is 2.59 bits per heavy atom. The molecule has 0 aliphatic heterocycles. The average molecular weight is 303 g/mol. The van der Waals surface area contributed by atoms with Crippen LogP contribution >= 0.6 is 0 Å². The minimum atomic E-state index is -0.857. The van der Waals surface area contributed by atoms with E-state index in [1.54, 1.807) is 0 Å². The Kier molecular flexibility index (Phi) is 3.16. The number of allylic oxidation sites excluding steroid dienone is 1. The lowest BCUT2D eigenvalue weighted by Gasteiger charge is -2.59. The Balaban J connectivity index is 1.67. The number of hydrogen-bond acceptors (Lipinski definition) is 2. The second-order valence-electron chi connectivity index (χ2n) is 9.23. The van der Waals surface area contributed by atoms with Gasteiger partial charge in [0.2, 0.25) is 0 Å². The number of nitrogens with one attached hydrogen (secondary N) is 1. The molecule has 4 rings (SSSR count). The second-order valence-corrected chi connectivity index (χ2v) is 9.23. The monoisotopic (exact) mass is 303 g/mol. The molecule has 1 radical (unpaired) electrons. The maximum absolute atomic E-state index is 10.5. The van der Waals surface area contributed by atoms with Gasteiger partial charge in [-0.2, -0.15) is 0 Å². The molecule has 3 fully saturated rings. The van der Waals surface area contributed by atoms with E-state index in [9.17, 15) is 5.11 Å². The molecule has 123 valence electrons. The van der Waals surface area contributed by atoms with Crippen molar-refractivity contribution in [1.82, 2.24) is 5.73 Å². The topological polar surface area (TPSA) is 70.0 Å². The molecule has 0 heterocycles. The van der Waals surface area contributed by atoms with Gasteiger partial charge in [-0.15, -0.1) is 0 Å². The van der Waals surface area contributed by atoms with E-state index < -0.39 is 5.66 Å². The second kappa shape index (κ2) is 4.58. The van der Waals surface area contributed by atoms with Crippen LogP contribution in [0.1, 0.15) is 58.8 Å². The predicted octanol–water partition coefficient (Wildman–Crippen LogP) is 3.10. The Morgan fingerprint density at radius 1 is 1.05 bits per heavy atom. The Bertz CT molecular complexity index is 502. The van der Waals surface area contributed by atoms with Crippen LogP contribution in [0, 0.1) is 34.5 Å². The van der Waals surface area contributed by atoms with Gasteiger partial charge in [0.1, 0.15) is 0 Å². The van der Waals surface area contributed by atoms with Crippen LogP contribution in [0.15, 0.2) is 12.2 Å². The summed E-state index contributed by atoms with van der Waals surface area (Å²) in [5.41, 5.74) is 13.8. The van der Waals surface area contributed by atoms with Crippen LogP contribution < -0.4 is 11.5 Å².